The van der Waals surface area contributed by atoms with Crippen LogP contribution >= 0.6 is 0 Å². The number of carbonyl (C=O) groups excluding carboxylic acids is 1. The van der Waals surface area contributed by atoms with E-state index in [1.807, 2.05) is 14.1 Å². The Balaban J connectivity index is 1.59. The number of nitrogens with zero attached hydrogens (tertiary/aromatic N) is 2. The summed E-state index contributed by atoms with van der Waals surface area (Å²) in [5.74, 6) is 1.10. The first-order valence-electron chi connectivity index (χ1n) is 8.16. The van der Waals surface area contributed by atoms with Crippen molar-refractivity contribution < 1.29 is 14.3 Å². The monoisotopic (exact) mass is 342 g/mol. The highest BCUT2D eigenvalue weighted by atomic mass is 16.7. The summed E-state index contributed by atoms with van der Waals surface area (Å²) in [5, 5.41) is 6.14. The molecule has 1 aliphatic heterocycles. The lowest BCUT2D eigenvalue weighted by Gasteiger charge is -2.11. The summed E-state index contributed by atoms with van der Waals surface area (Å²) in [4.78, 5) is 18.7. The number of pyridine rings is 1. The molecular weight excluding hydrogens is 320 g/mol. The lowest BCUT2D eigenvalue weighted by molar-refractivity contribution is 0.102. The Bertz CT molecular complexity index is 749. The fraction of sp³-hybridized carbons (Fsp3) is 0.333. The van der Waals surface area contributed by atoms with Gasteiger partial charge in [0.2, 0.25) is 6.79 Å². The quantitative estimate of drug-likeness (QED) is 0.753. The topological polar surface area (TPSA) is 75.7 Å². The van der Waals surface area contributed by atoms with E-state index in [0.717, 1.165) is 25.2 Å². The summed E-state index contributed by atoms with van der Waals surface area (Å²) < 4.78 is 10.6. The molecule has 2 heterocycles. The van der Waals surface area contributed by atoms with Gasteiger partial charge in [-0.25, -0.2) is 0 Å². The van der Waals surface area contributed by atoms with Gasteiger partial charge in [-0.3, -0.25) is 9.78 Å². The van der Waals surface area contributed by atoms with Crippen LogP contribution in [0.5, 0.6) is 11.5 Å². The molecule has 1 amide bonds. The molecule has 25 heavy (non-hydrogen) atoms. The van der Waals surface area contributed by atoms with Crippen LogP contribution in [0.15, 0.2) is 36.7 Å². The summed E-state index contributed by atoms with van der Waals surface area (Å²) in [6.07, 6.45) is 4.28. The largest absolute Gasteiger partial charge is 0.454 e. The molecule has 0 saturated carbocycles. The molecule has 0 aliphatic carbocycles. The second kappa shape index (κ2) is 7.85. The number of rotatable bonds is 7. The van der Waals surface area contributed by atoms with E-state index >= 15 is 0 Å². The Kier molecular flexibility index (Phi) is 5.35. The van der Waals surface area contributed by atoms with E-state index in [1.54, 1.807) is 36.7 Å². The van der Waals surface area contributed by atoms with Gasteiger partial charge in [0.1, 0.15) is 0 Å². The standard InChI is InChI=1S/C18H22N4O3/c1-22(2)7-3-6-20-15-8-13(10-19-11-15)18(23)21-14-4-5-16-17(9-14)25-12-24-16/h4-5,8-11,20H,3,6-7,12H2,1-2H3,(H,21,23). The molecule has 0 bridgehead atoms. The van der Waals surface area contributed by atoms with Crippen LogP contribution in [0.4, 0.5) is 11.4 Å². The minimum absolute atomic E-state index is 0.207. The Morgan fingerprint density at radius 2 is 2.00 bits per heavy atom. The van der Waals surface area contributed by atoms with E-state index in [0.29, 0.717) is 22.7 Å². The predicted octanol–water partition coefficient (Wildman–Crippen LogP) is 2.43. The minimum atomic E-state index is -0.219. The Morgan fingerprint density at radius 1 is 1.16 bits per heavy atom. The SMILES string of the molecule is CN(C)CCCNc1cncc(C(=O)Nc2ccc3c(c2)OCO3)c1. The molecule has 1 aromatic heterocycles. The summed E-state index contributed by atoms with van der Waals surface area (Å²) in [6, 6.07) is 7.10. The molecule has 7 heteroatoms. The molecule has 0 radical (unpaired) electrons. The van der Waals surface area contributed by atoms with Gasteiger partial charge in [0.15, 0.2) is 11.5 Å². The van der Waals surface area contributed by atoms with Gasteiger partial charge in [-0.05, 0) is 45.3 Å². The van der Waals surface area contributed by atoms with Gasteiger partial charge in [0.25, 0.3) is 5.91 Å². The van der Waals surface area contributed by atoms with E-state index in [4.69, 9.17) is 9.47 Å². The Labute approximate surface area is 147 Å². The van der Waals surface area contributed by atoms with Crippen LogP contribution < -0.4 is 20.1 Å². The average molecular weight is 342 g/mol. The summed E-state index contributed by atoms with van der Waals surface area (Å²) in [5.41, 5.74) is 1.98. The van der Waals surface area contributed by atoms with Crippen LogP contribution in [0.2, 0.25) is 0 Å². The highest BCUT2D eigenvalue weighted by molar-refractivity contribution is 6.04. The molecule has 7 nitrogen and oxygen atoms in total. The molecule has 3 rings (SSSR count). The molecule has 0 spiro atoms. The number of fused-ring (bicyclic) bond motifs is 1. The first-order valence-corrected chi connectivity index (χ1v) is 8.16. The van der Waals surface area contributed by atoms with Crippen LogP contribution in [0.1, 0.15) is 16.8 Å². The maximum atomic E-state index is 12.4. The number of aromatic nitrogens is 1. The molecule has 0 unspecified atom stereocenters. The van der Waals surface area contributed by atoms with Gasteiger partial charge in [0.05, 0.1) is 11.3 Å². The molecule has 1 aromatic carbocycles. The van der Waals surface area contributed by atoms with Gasteiger partial charge < -0.3 is 25.0 Å². The van der Waals surface area contributed by atoms with Crippen LogP contribution in [-0.2, 0) is 0 Å². The van der Waals surface area contributed by atoms with Crippen molar-refractivity contribution in [3.05, 3.63) is 42.2 Å². The second-order valence-corrected chi connectivity index (χ2v) is 6.07. The molecule has 0 saturated heterocycles. The lowest BCUT2D eigenvalue weighted by atomic mass is 10.2. The molecule has 2 N–H and O–H groups in total. The third-order valence-electron chi connectivity index (χ3n) is 3.74. The summed E-state index contributed by atoms with van der Waals surface area (Å²) in [7, 11) is 4.09. The van der Waals surface area contributed by atoms with E-state index in [1.165, 1.54) is 0 Å². The van der Waals surface area contributed by atoms with E-state index < -0.39 is 0 Å². The fourth-order valence-corrected chi connectivity index (χ4v) is 2.47. The van der Waals surface area contributed by atoms with Gasteiger partial charge in [-0.2, -0.15) is 0 Å². The number of benzene rings is 1. The van der Waals surface area contributed by atoms with Crippen molar-refractivity contribution in [3.63, 3.8) is 0 Å². The number of nitrogens with one attached hydrogen (secondary N) is 2. The number of carbonyl (C=O) groups is 1. The van der Waals surface area contributed by atoms with E-state index in [-0.39, 0.29) is 12.7 Å². The van der Waals surface area contributed by atoms with Crippen molar-refractivity contribution in [1.82, 2.24) is 9.88 Å². The maximum absolute atomic E-state index is 12.4. The zero-order chi connectivity index (χ0) is 17.6. The summed E-state index contributed by atoms with van der Waals surface area (Å²) in [6.45, 7) is 2.04. The van der Waals surface area contributed by atoms with Crippen LogP contribution in [0.3, 0.4) is 0 Å². The minimum Gasteiger partial charge on any atom is -0.454 e. The van der Waals surface area contributed by atoms with Crippen molar-refractivity contribution in [3.8, 4) is 11.5 Å². The number of amides is 1. The molecule has 0 atom stereocenters. The smallest absolute Gasteiger partial charge is 0.257 e. The van der Waals surface area contributed by atoms with E-state index in [2.05, 4.69) is 20.5 Å². The zero-order valence-electron chi connectivity index (χ0n) is 14.4. The normalized spacial score (nSPS) is 12.3. The van der Waals surface area contributed by atoms with Gasteiger partial charge in [-0.15, -0.1) is 0 Å². The van der Waals surface area contributed by atoms with Crippen LogP contribution in [0.25, 0.3) is 0 Å². The van der Waals surface area contributed by atoms with Crippen molar-refractivity contribution in [2.24, 2.45) is 0 Å². The van der Waals surface area contributed by atoms with Crippen molar-refractivity contribution in [1.29, 1.82) is 0 Å². The van der Waals surface area contributed by atoms with E-state index in [9.17, 15) is 4.79 Å². The maximum Gasteiger partial charge on any atom is 0.257 e. The van der Waals surface area contributed by atoms with Gasteiger partial charge >= 0.3 is 0 Å². The second-order valence-electron chi connectivity index (χ2n) is 6.07. The summed E-state index contributed by atoms with van der Waals surface area (Å²) >= 11 is 0. The Hall–Kier alpha value is -2.80. The third kappa shape index (κ3) is 4.60. The fourth-order valence-electron chi connectivity index (χ4n) is 2.47. The molecule has 2 aromatic rings. The van der Waals surface area contributed by atoms with Crippen LogP contribution in [0, 0.1) is 0 Å². The molecule has 0 fully saturated rings. The number of hydrogen-bond donors (Lipinski definition) is 2. The molecule has 1 aliphatic rings. The third-order valence-corrected chi connectivity index (χ3v) is 3.74. The molecular formula is C18H22N4O3. The average Bonchev–Trinajstić information content (AvgIpc) is 3.06. The number of hydrogen-bond acceptors (Lipinski definition) is 6. The van der Waals surface area contributed by atoms with Crippen molar-refractivity contribution in [2.45, 2.75) is 6.42 Å². The lowest BCUT2D eigenvalue weighted by Crippen LogP contribution is -2.17. The predicted molar refractivity (Wildman–Crippen MR) is 96.4 cm³/mol. The van der Waals surface area contributed by atoms with Gasteiger partial charge in [-0.1, -0.05) is 0 Å². The highest BCUT2D eigenvalue weighted by Crippen LogP contribution is 2.34. The Morgan fingerprint density at radius 3 is 2.84 bits per heavy atom. The van der Waals surface area contributed by atoms with Gasteiger partial charge in [0, 0.05) is 30.7 Å². The van der Waals surface area contributed by atoms with Crippen molar-refractivity contribution >= 4 is 17.3 Å². The number of anilines is 2. The first-order chi connectivity index (χ1) is 12.1. The van der Waals surface area contributed by atoms with Crippen LogP contribution in [-0.4, -0.2) is 49.8 Å². The first kappa shape index (κ1) is 17.0. The number of ether oxygens (including phenoxy) is 2. The van der Waals surface area contributed by atoms with Crippen molar-refractivity contribution in [2.75, 3.05) is 44.6 Å². The molecule has 132 valence electrons. The zero-order valence-corrected chi connectivity index (χ0v) is 14.4. The highest BCUT2D eigenvalue weighted by Gasteiger charge is 2.15.